The second kappa shape index (κ2) is 17.0. The van der Waals surface area contributed by atoms with Gasteiger partial charge < -0.3 is 19.9 Å². The number of imide groups is 1. The van der Waals surface area contributed by atoms with Gasteiger partial charge in [-0.15, -0.1) is 0 Å². The lowest BCUT2D eigenvalue weighted by molar-refractivity contribution is -0.136. The van der Waals surface area contributed by atoms with Crippen LogP contribution >= 0.6 is 0 Å². The van der Waals surface area contributed by atoms with Crippen LogP contribution in [0.1, 0.15) is 93.5 Å². The number of rotatable bonds is 12. The highest BCUT2D eigenvalue weighted by Crippen LogP contribution is 2.35. The van der Waals surface area contributed by atoms with Crippen LogP contribution in [0.2, 0.25) is 0 Å². The molecule has 3 saturated heterocycles. The molecule has 9 rings (SSSR count). The molecule has 63 heavy (non-hydrogen) atoms. The number of aromatic nitrogens is 2. The number of hydrogen-bond donors (Lipinski definition) is 4. The fourth-order valence-electron chi connectivity index (χ4n) is 9.14. The Morgan fingerprint density at radius 2 is 1.73 bits per heavy atom. The number of nitrogens with zero attached hydrogens (tertiary/aromatic N) is 4. The molecule has 4 aliphatic rings. The highest BCUT2D eigenvalue weighted by atomic mass is 32.2. The Balaban J connectivity index is 0.807. The van der Waals surface area contributed by atoms with Crippen LogP contribution in [-0.4, -0.2) is 106 Å². The second-order valence-corrected chi connectivity index (χ2v) is 18.3. The number of halogens is 3. The van der Waals surface area contributed by atoms with Crippen molar-refractivity contribution in [2.45, 2.75) is 69.3 Å². The predicted octanol–water partition coefficient (Wildman–Crippen LogP) is 5.50. The molecular formula is C45H44F3N7O7S. The number of hydrogen-bond acceptors (Lipinski definition) is 9. The molecule has 3 amide bonds. The van der Waals surface area contributed by atoms with Crippen LogP contribution in [0.3, 0.4) is 0 Å². The number of carbonyl (C=O) groups excluding carboxylic acids is 4. The first-order valence-electron chi connectivity index (χ1n) is 20.9. The standard InChI is InChI=1S/C45H44F3N7O7S/c46-31-13-18-54(24-31)63(61,62)52-36-8-7-35(47)40(41(36)48)42(58)34-22-50-43-33(34)20-29(21-49-43)26-3-1-25(2-4-26)27-11-15-53(16-12-27)17-14-38(56)28-5-6-32-30(19-28)23-55(45(32)60)37-9-10-39(57)51-44(37)59/h1-8,19-22,27,31,37-38,52,56H,9-18,23-24H2,(H,49,50)(H,51,57,59)/t31?,37-,38+/m0/s1. The molecule has 328 valence electrons. The number of anilines is 1. The third-order valence-electron chi connectivity index (χ3n) is 12.7. The molecule has 14 nitrogen and oxygen atoms in total. The number of nitrogens with one attached hydrogen (secondary N) is 3. The topological polar surface area (TPSA) is 185 Å². The number of alkyl halides is 1. The summed E-state index contributed by atoms with van der Waals surface area (Å²) in [7, 11) is -4.36. The first-order chi connectivity index (χ1) is 30.2. The average Bonchev–Trinajstić information content (AvgIpc) is 4.00. The smallest absolute Gasteiger partial charge is 0.301 e. The van der Waals surface area contributed by atoms with Crippen LogP contribution in [0.15, 0.2) is 73.1 Å². The van der Waals surface area contributed by atoms with Crippen molar-refractivity contribution in [1.29, 1.82) is 0 Å². The van der Waals surface area contributed by atoms with Gasteiger partial charge in [0.2, 0.25) is 17.6 Å². The van der Waals surface area contributed by atoms with E-state index in [1.54, 1.807) is 24.4 Å². The minimum absolute atomic E-state index is 0.00348. The minimum atomic E-state index is -4.36. The zero-order valence-electron chi connectivity index (χ0n) is 34.0. The molecule has 0 aliphatic carbocycles. The summed E-state index contributed by atoms with van der Waals surface area (Å²) in [5, 5.41) is 13.7. The molecule has 0 radical (unpaired) electrons. The van der Waals surface area contributed by atoms with E-state index in [1.807, 2.05) is 22.9 Å². The Labute approximate surface area is 360 Å². The summed E-state index contributed by atoms with van der Waals surface area (Å²) >= 11 is 0. The van der Waals surface area contributed by atoms with E-state index in [0.717, 1.165) is 53.5 Å². The van der Waals surface area contributed by atoms with Crippen molar-refractivity contribution >= 4 is 50.4 Å². The third kappa shape index (κ3) is 8.35. The summed E-state index contributed by atoms with van der Waals surface area (Å²) in [6, 6.07) is 16.0. The third-order valence-corrected chi connectivity index (χ3v) is 14.2. The van der Waals surface area contributed by atoms with Gasteiger partial charge in [0, 0.05) is 67.1 Å². The second-order valence-electron chi connectivity index (χ2n) is 16.6. The van der Waals surface area contributed by atoms with Gasteiger partial charge in [-0.1, -0.05) is 36.4 Å². The molecule has 18 heteroatoms. The molecule has 0 spiro atoms. The fraction of sp³-hybridized carbons (Fsp3) is 0.356. The fourth-order valence-corrected chi connectivity index (χ4v) is 10.4. The molecule has 2 aromatic heterocycles. The highest BCUT2D eigenvalue weighted by molar-refractivity contribution is 7.90. The van der Waals surface area contributed by atoms with Crippen LogP contribution in [0.4, 0.5) is 18.9 Å². The number of amides is 3. The summed E-state index contributed by atoms with van der Waals surface area (Å²) in [5.41, 5.74) is 3.28. The predicted molar refractivity (Wildman–Crippen MR) is 225 cm³/mol. The van der Waals surface area contributed by atoms with Crippen LogP contribution in [0.25, 0.3) is 22.2 Å². The number of likely N-dealkylation sites (tertiary alicyclic amines) is 1. The van der Waals surface area contributed by atoms with E-state index in [1.165, 1.54) is 16.7 Å². The zero-order valence-corrected chi connectivity index (χ0v) is 34.8. The van der Waals surface area contributed by atoms with Gasteiger partial charge in [-0.2, -0.15) is 12.7 Å². The van der Waals surface area contributed by atoms with Crippen molar-refractivity contribution < 1.29 is 45.9 Å². The molecule has 3 fully saturated rings. The minimum Gasteiger partial charge on any atom is -0.388 e. The van der Waals surface area contributed by atoms with Crippen molar-refractivity contribution in [3.05, 3.63) is 118 Å². The van der Waals surface area contributed by atoms with E-state index < -0.39 is 69.6 Å². The molecule has 0 saturated carbocycles. The SMILES string of the molecule is O=C1CC[C@H](N2Cc3cc([C@H](O)CCN4CCC(c5ccc(-c6cnc7[nH]cc(C(=O)c8c(F)ccc(NS(=O)(=O)N9CCC(F)C9)c8F)c7c6)cc5)CC4)ccc3C2=O)C(=O)N1. The van der Waals surface area contributed by atoms with Gasteiger partial charge in [-0.3, -0.25) is 29.2 Å². The van der Waals surface area contributed by atoms with Gasteiger partial charge in [-0.25, -0.2) is 18.2 Å². The Bertz CT molecular complexity index is 2760. The van der Waals surface area contributed by atoms with Crippen molar-refractivity contribution in [2.24, 2.45) is 0 Å². The molecule has 3 aromatic carbocycles. The van der Waals surface area contributed by atoms with E-state index in [4.69, 9.17) is 0 Å². The summed E-state index contributed by atoms with van der Waals surface area (Å²) < 4.78 is 73.0. The number of pyridine rings is 1. The van der Waals surface area contributed by atoms with Crippen molar-refractivity contribution in [1.82, 2.24) is 29.4 Å². The van der Waals surface area contributed by atoms with E-state index in [2.05, 4.69) is 32.3 Å². The van der Waals surface area contributed by atoms with Crippen LogP contribution in [-0.2, 0) is 26.3 Å². The zero-order chi connectivity index (χ0) is 44.2. The molecule has 3 atom stereocenters. The summed E-state index contributed by atoms with van der Waals surface area (Å²) in [6.45, 7) is 2.13. The van der Waals surface area contributed by atoms with Gasteiger partial charge in [-0.05, 0) is 97.6 Å². The van der Waals surface area contributed by atoms with Crippen molar-refractivity contribution in [3.8, 4) is 11.1 Å². The Hall–Kier alpha value is -5.95. The Morgan fingerprint density at radius 1 is 0.952 bits per heavy atom. The van der Waals surface area contributed by atoms with E-state index in [-0.39, 0.29) is 49.7 Å². The van der Waals surface area contributed by atoms with Crippen LogP contribution < -0.4 is 10.0 Å². The summed E-state index contributed by atoms with van der Waals surface area (Å²) in [6.07, 6.45) is 3.66. The van der Waals surface area contributed by atoms with E-state index >= 15 is 8.78 Å². The number of ketones is 1. The summed E-state index contributed by atoms with van der Waals surface area (Å²) in [5.74, 6) is -4.32. The number of aliphatic hydroxyl groups excluding tert-OH is 1. The number of fused-ring (bicyclic) bond motifs is 2. The quantitative estimate of drug-likeness (QED) is 0.0928. The Morgan fingerprint density at radius 3 is 2.46 bits per heavy atom. The maximum absolute atomic E-state index is 15.7. The highest BCUT2D eigenvalue weighted by Gasteiger charge is 2.39. The van der Waals surface area contributed by atoms with Crippen LogP contribution in [0, 0.1) is 11.6 Å². The molecular weight excluding hydrogens is 840 g/mol. The lowest BCUT2D eigenvalue weighted by atomic mass is 9.88. The molecule has 1 unspecified atom stereocenters. The molecule has 4 N–H and O–H groups in total. The van der Waals surface area contributed by atoms with Crippen molar-refractivity contribution in [3.63, 3.8) is 0 Å². The van der Waals surface area contributed by atoms with E-state index in [0.29, 0.717) is 46.6 Å². The maximum Gasteiger partial charge on any atom is 0.301 e. The van der Waals surface area contributed by atoms with Crippen LogP contribution in [0.5, 0.6) is 0 Å². The largest absolute Gasteiger partial charge is 0.388 e. The first-order valence-corrected chi connectivity index (χ1v) is 22.4. The number of carbonyl (C=O) groups is 4. The van der Waals surface area contributed by atoms with Gasteiger partial charge in [0.1, 0.15) is 23.7 Å². The normalized spacial score (nSPS) is 20.6. The molecule has 5 aromatic rings. The van der Waals surface area contributed by atoms with Crippen molar-refractivity contribution in [2.75, 3.05) is 37.4 Å². The van der Waals surface area contributed by atoms with Gasteiger partial charge >= 0.3 is 10.2 Å². The number of piperidine rings is 2. The van der Waals surface area contributed by atoms with Gasteiger partial charge in [0.25, 0.3) is 5.91 Å². The van der Waals surface area contributed by atoms with Gasteiger partial charge in [0.15, 0.2) is 5.82 Å². The van der Waals surface area contributed by atoms with E-state index in [9.17, 15) is 37.1 Å². The summed E-state index contributed by atoms with van der Waals surface area (Å²) in [4.78, 5) is 62.0. The molecule has 6 heterocycles. The monoisotopic (exact) mass is 883 g/mol. The first kappa shape index (κ1) is 42.4. The number of aliphatic hydroxyl groups is 1. The lowest BCUT2D eigenvalue weighted by Gasteiger charge is -2.32. The Kier molecular flexibility index (Phi) is 11.4. The molecule has 4 aliphatic heterocycles. The number of H-pyrrole nitrogens is 1. The number of benzene rings is 3. The lowest BCUT2D eigenvalue weighted by Crippen LogP contribution is -2.52. The van der Waals surface area contributed by atoms with Gasteiger partial charge in [0.05, 0.1) is 17.4 Å². The molecule has 0 bridgehead atoms. The number of aromatic amines is 1. The average molecular weight is 884 g/mol. The maximum atomic E-state index is 15.7.